The number of nitrogens with one attached hydrogen (secondary N) is 2. The molecule has 0 spiro atoms. The summed E-state index contributed by atoms with van der Waals surface area (Å²) in [6.45, 7) is 4.74. The lowest BCUT2D eigenvalue weighted by Crippen LogP contribution is -2.20. The second-order valence-corrected chi connectivity index (χ2v) is 7.76. The second kappa shape index (κ2) is 9.41. The average molecular weight is 397 g/mol. The lowest BCUT2D eigenvalue weighted by Gasteiger charge is -2.09. The summed E-state index contributed by atoms with van der Waals surface area (Å²) in [6, 6.07) is 17.8. The third-order valence-corrected chi connectivity index (χ3v) is 5.34. The Labute approximate surface area is 168 Å². The van der Waals surface area contributed by atoms with E-state index in [9.17, 15) is 9.59 Å². The molecule has 0 aliphatic rings. The molecule has 7 heteroatoms. The number of aryl methyl sites for hydroxylation is 1. The third kappa shape index (κ3) is 5.36. The molecule has 0 saturated heterocycles. The molecule has 0 saturated carbocycles. The van der Waals surface area contributed by atoms with Gasteiger partial charge in [0, 0.05) is 12.2 Å². The highest BCUT2D eigenvalue weighted by molar-refractivity contribution is 7.99. The number of aromatic amines is 1. The fourth-order valence-corrected chi connectivity index (χ4v) is 3.57. The van der Waals surface area contributed by atoms with Gasteiger partial charge in [-0.15, -0.1) is 5.10 Å². The molecular formula is C21H24N4O2S. The molecule has 0 radical (unpaired) electrons. The van der Waals surface area contributed by atoms with E-state index in [0.717, 1.165) is 17.7 Å². The lowest BCUT2D eigenvalue weighted by molar-refractivity contribution is -0.113. The minimum absolute atomic E-state index is 0.129. The largest absolute Gasteiger partial charge is 0.343 e. The molecule has 0 bridgehead atoms. The van der Waals surface area contributed by atoms with Crippen molar-refractivity contribution >= 4 is 23.4 Å². The van der Waals surface area contributed by atoms with Crippen LogP contribution in [-0.4, -0.2) is 26.4 Å². The molecule has 0 fully saturated rings. The topological polar surface area (TPSA) is 79.8 Å². The maximum atomic E-state index is 12.3. The van der Waals surface area contributed by atoms with Gasteiger partial charge in [0.1, 0.15) is 0 Å². The summed E-state index contributed by atoms with van der Waals surface area (Å²) in [5, 5.41) is 9.95. The Morgan fingerprint density at radius 1 is 1.18 bits per heavy atom. The van der Waals surface area contributed by atoms with Crippen molar-refractivity contribution in [2.45, 2.75) is 37.9 Å². The highest BCUT2D eigenvalue weighted by atomic mass is 32.2. The Kier molecular flexibility index (Phi) is 6.71. The number of carbonyl (C=O) groups excluding carboxylic acids is 1. The van der Waals surface area contributed by atoms with E-state index in [1.165, 1.54) is 17.3 Å². The van der Waals surface area contributed by atoms with Gasteiger partial charge in [0.2, 0.25) is 5.91 Å². The number of hydrogen-bond acceptors (Lipinski definition) is 4. The van der Waals surface area contributed by atoms with Gasteiger partial charge in [0.25, 0.3) is 0 Å². The fraction of sp³-hybridized carbons (Fsp3) is 0.286. The summed E-state index contributed by atoms with van der Waals surface area (Å²) < 4.78 is 1.57. The summed E-state index contributed by atoms with van der Waals surface area (Å²) in [5.41, 5.74) is 2.84. The molecule has 2 N–H and O–H groups in total. The molecule has 1 amide bonds. The van der Waals surface area contributed by atoms with Crippen LogP contribution in [0.3, 0.4) is 0 Å². The number of nitrogens with zero attached hydrogens (tertiary/aromatic N) is 2. The predicted molar refractivity (Wildman–Crippen MR) is 113 cm³/mol. The van der Waals surface area contributed by atoms with E-state index in [4.69, 9.17) is 0 Å². The van der Waals surface area contributed by atoms with Gasteiger partial charge in [-0.25, -0.2) is 9.89 Å². The molecule has 3 rings (SSSR count). The van der Waals surface area contributed by atoms with Gasteiger partial charge in [-0.2, -0.15) is 0 Å². The normalized spacial score (nSPS) is 11.0. The number of H-pyrrole nitrogens is 1. The highest BCUT2D eigenvalue weighted by Crippen LogP contribution is 2.19. The van der Waals surface area contributed by atoms with E-state index in [1.807, 2.05) is 54.6 Å². The molecule has 28 heavy (non-hydrogen) atoms. The predicted octanol–water partition coefficient (Wildman–Crippen LogP) is 3.67. The van der Waals surface area contributed by atoms with Crippen LogP contribution >= 0.6 is 11.8 Å². The van der Waals surface area contributed by atoms with E-state index in [0.29, 0.717) is 17.6 Å². The maximum absolute atomic E-state index is 12.3. The van der Waals surface area contributed by atoms with Crippen LogP contribution in [-0.2, 0) is 17.8 Å². The zero-order valence-corrected chi connectivity index (χ0v) is 16.8. The summed E-state index contributed by atoms with van der Waals surface area (Å²) in [5.74, 6) is 0.451. The lowest BCUT2D eigenvalue weighted by atomic mass is 10.0. The zero-order chi connectivity index (χ0) is 19.9. The number of aromatic nitrogens is 3. The van der Waals surface area contributed by atoms with Gasteiger partial charge in [-0.05, 0) is 35.6 Å². The number of benzene rings is 2. The Hall–Kier alpha value is -2.80. The first-order valence-electron chi connectivity index (χ1n) is 9.24. The number of thioether (sulfide) groups is 1. The van der Waals surface area contributed by atoms with Crippen LogP contribution in [0.25, 0.3) is 0 Å². The van der Waals surface area contributed by atoms with Crippen molar-refractivity contribution in [2.75, 3.05) is 11.1 Å². The van der Waals surface area contributed by atoms with E-state index in [1.54, 1.807) is 4.57 Å². The highest BCUT2D eigenvalue weighted by Gasteiger charge is 2.12. The summed E-state index contributed by atoms with van der Waals surface area (Å²) in [6.07, 6.45) is 0.724. The van der Waals surface area contributed by atoms with Crippen molar-refractivity contribution in [1.29, 1.82) is 0 Å². The van der Waals surface area contributed by atoms with Gasteiger partial charge in [-0.1, -0.05) is 68.1 Å². The van der Waals surface area contributed by atoms with Gasteiger partial charge < -0.3 is 5.32 Å². The van der Waals surface area contributed by atoms with Gasteiger partial charge in [0.15, 0.2) is 5.16 Å². The van der Waals surface area contributed by atoms with Crippen molar-refractivity contribution in [3.8, 4) is 0 Å². The Morgan fingerprint density at radius 2 is 1.96 bits per heavy atom. The molecule has 6 nitrogen and oxygen atoms in total. The second-order valence-electron chi connectivity index (χ2n) is 6.82. The van der Waals surface area contributed by atoms with Gasteiger partial charge in [-0.3, -0.25) is 9.36 Å². The van der Waals surface area contributed by atoms with Crippen LogP contribution < -0.4 is 11.0 Å². The molecule has 1 aromatic heterocycles. The van der Waals surface area contributed by atoms with Gasteiger partial charge >= 0.3 is 5.69 Å². The first kappa shape index (κ1) is 19.9. The summed E-state index contributed by atoms with van der Waals surface area (Å²) in [4.78, 5) is 24.3. The molecule has 0 aliphatic carbocycles. The summed E-state index contributed by atoms with van der Waals surface area (Å²) in [7, 11) is 0. The van der Waals surface area contributed by atoms with Crippen LogP contribution in [0.4, 0.5) is 5.69 Å². The minimum Gasteiger partial charge on any atom is -0.325 e. The maximum Gasteiger partial charge on any atom is 0.343 e. The van der Waals surface area contributed by atoms with Crippen LogP contribution in [0.1, 0.15) is 30.9 Å². The van der Waals surface area contributed by atoms with Crippen LogP contribution in [0.2, 0.25) is 0 Å². The number of amides is 1. The number of carbonyl (C=O) groups is 1. The zero-order valence-electron chi connectivity index (χ0n) is 16.0. The number of anilines is 1. The molecule has 146 valence electrons. The quantitative estimate of drug-likeness (QED) is 0.570. The fourth-order valence-electron chi connectivity index (χ4n) is 2.80. The number of hydrogen-bond donors (Lipinski definition) is 2. The Morgan fingerprint density at radius 3 is 2.71 bits per heavy atom. The van der Waals surface area contributed by atoms with E-state index in [-0.39, 0.29) is 17.3 Å². The Balaban J connectivity index is 1.58. The smallest absolute Gasteiger partial charge is 0.325 e. The monoisotopic (exact) mass is 396 g/mol. The van der Waals surface area contributed by atoms with Crippen LogP contribution in [0.5, 0.6) is 0 Å². The first-order chi connectivity index (χ1) is 13.5. The van der Waals surface area contributed by atoms with E-state index >= 15 is 0 Å². The van der Waals surface area contributed by atoms with Crippen LogP contribution in [0.15, 0.2) is 64.5 Å². The van der Waals surface area contributed by atoms with E-state index < -0.39 is 0 Å². The Bertz CT molecular complexity index is 979. The first-order valence-corrected chi connectivity index (χ1v) is 10.2. The van der Waals surface area contributed by atoms with Crippen molar-refractivity contribution < 1.29 is 4.79 Å². The molecule has 0 aliphatic heterocycles. The van der Waals surface area contributed by atoms with Crippen molar-refractivity contribution in [3.63, 3.8) is 0 Å². The van der Waals surface area contributed by atoms with Crippen molar-refractivity contribution in [2.24, 2.45) is 0 Å². The van der Waals surface area contributed by atoms with Crippen molar-refractivity contribution in [3.05, 3.63) is 76.2 Å². The average Bonchev–Trinajstić information content (AvgIpc) is 3.05. The molecule has 2 aromatic carbocycles. The van der Waals surface area contributed by atoms with Crippen LogP contribution in [0, 0.1) is 0 Å². The molecule has 0 atom stereocenters. The summed E-state index contributed by atoms with van der Waals surface area (Å²) >= 11 is 1.25. The van der Waals surface area contributed by atoms with Crippen molar-refractivity contribution in [1.82, 2.24) is 14.8 Å². The molecule has 3 aromatic rings. The van der Waals surface area contributed by atoms with E-state index in [2.05, 4.69) is 29.4 Å². The molecule has 0 unspecified atom stereocenters. The third-order valence-electron chi connectivity index (χ3n) is 4.36. The standard InChI is InChI=1S/C21H24N4O2S/c1-15(2)17-9-6-10-18(13-17)22-19(26)14-28-21-24-23-20(27)25(21)12-11-16-7-4-3-5-8-16/h3-10,13,15H,11-12,14H2,1-2H3,(H,22,26)(H,23,27). The minimum atomic E-state index is -0.261. The molecule has 1 heterocycles. The number of rotatable bonds is 8. The van der Waals surface area contributed by atoms with Gasteiger partial charge in [0.05, 0.1) is 5.75 Å². The molecular weight excluding hydrogens is 372 g/mol. The SMILES string of the molecule is CC(C)c1cccc(NC(=O)CSc2n[nH]c(=O)n2CCc2ccccc2)c1.